The number of benzene rings is 3. The van der Waals surface area contributed by atoms with Crippen molar-refractivity contribution in [3.05, 3.63) is 90.6 Å². The van der Waals surface area contributed by atoms with Gasteiger partial charge in [-0.15, -0.1) is 0 Å². The molecule has 4 rings (SSSR count). The van der Waals surface area contributed by atoms with Crippen LogP contribution < -0.4 is 5.32 Å². The molecule has 29 heavy (non-hydrogen) atoms. The average molecular weight is 385 g/mol. The number of nitrogens with one attached hydrogen (secondary N) is 1. The van der Waals surface area contributed by atoms with Gasteiger partial charge in [0.05, 0.1) is 24.0 Å². The summed E-state index contributed by atoms with van der Waals surface area (Å²) >= 11 is 0. The highest BCUT2D eigenvalue weighted by atomic mass is 16.3. The van der Waals surface area contributed by atoms with Crippen LogP contribution in [0.1, 0.15) is 5.56 Å². The van der Waals surface area contributed by atoms with Crippen LogP contribution in [0.15, 0.2) is 85.1 Å². The van der Waals surface area contributed by atoms with E-state index in [1.807, 2.05) is 54.6 Å². The maximum Gasteiger partial charge on any atom is 0.228 e. The zero-order chi connectivity index (χ0) is 20.2. The first-order valence-electron chi connectivity index (χ1n) is 9.11. The second-order valence-corrected chi connectivity index (χ2v) is 6.59. The Morgan fingerprint density at radius 2 is 1.76 bits per heavy atom. The van der Waals surface area contributed by atoms with Crippen molar-refractivity contribution in [3.63, 3.8) is 0 Å². The summed E-state index contributed by atoms with van der Waals surface area (Å²) in [6.45, 7) is 0. The molecule has 0 bridgehead atoms. The van der Waals surface area contributed by atoms with E-state index in [1.165, 1.54) is 12.1 Å². The number of nitrogens with zero attached hydrogens (tertiary/aromatic N) is 2. The first kappa shape index (κ1) is 18.3. The smallest absolute Gasteiger partial charge is 0.228 e. The van der Waals surface area contributed by atoms with E-state index in [1.54, 1.807) is 23.0 Å². The second kappa shape index (κ2) is 7.90. The topological polar surface area (TPSA) is 87.4 Å². The van der Waals surface area contributed by atoms with Gasteiger partial charge in [-0.2, -0.15) is 5.10 Å². The molecule has 1 heterocycles. The van der Waals surface area contributed by atoms with Gasteiger partial charge in [0.25, 0.3) is 0 Å². The van der Waals surface area contributed by atoms with Crippen LogP contribution in [0.25, 0.3) is 16.9 Å². The minimum absolute atomic E-state index is 0.0135. The lowest BCUT2D eigenvalue weighted by Gasteiger charge is -2.11. The number of carbonyl (C=O) groups is 1. The lowest BCUT2D eigenvalue weighted by molar-refractivity contribution is -0.115. The van der Waals surface area contributed by atoms with Crippen LogP contribution in [0.4, 0.5) is 5.69 Å². The maximum absolute atomic E-state index is 12.4. The lowest BCUT2D eigenvalue weighted by atomic mass is 10.1. The summed E-state index contributed by atoms with van der Waals surface area (Å²) in [5.41, 5.74) is 3.53. The van der Waals surface area contributed by atoms with E-state index in [0.29, 0.717) is 23.4 Å². The van der Waals surface area contributed by atoms with Gasteiger partial charge in [-0.05, 0) is 42.0 Å². The quantitative estimate of drug-likeness (QED) is 0.482. The first-order chi connectivity index (χ1) is 14.1. The van der Waals surface area contributed by atoms with Gasteiger partial charge >= 0.3 is 0 Å². The fourth-order valence-corrected chi connectivity index (χ4v) is 3.15. The third-order valence-electron chi connectivity index (χ3n) is 4.48. The molecule has 6 heteroatoms. The number of amides is 1. The summed E-state index contributed by atoms with van der Waals surface area (Å²) in [7, 11) is 0. The summed E-state index contributed by atoms with van der Waals surface area (Å²) in [5.74, 6) is -0.162. The Hall–Kier alpha value is -4.06. The Morgan fingerprint density at radius 1 is 0.931 bits per heavy atom. The number of phenols is 2. The summed E-state index contributed by atoms with van der Waals surface area (Å²) in [6, 6.07) is 23.1. The standard InChI is InChI=1S/C23H19N3O3/c27-19-9-10-20(22(28)15-19)21-11-12-24-26(21)18-8-4-7-17(14-18)25-23(29)13-16-5-2-1-3-6-16/h1-12,14-15,27-28H,13H2,(H,25,29). The van der Waals surface area contributed by atoms with Gasteiger partial charge in [0, 0.05) is 17.3 Å². The molecule has 0 saturated carbocycles. The van der Waals surface area contributed by atoms with Gasteiger partial charge in [-0.3, -0.25) is 4.79 Å². The molecule has 6 nitrogen and oxygen atoms in total. The van der Waals surface area contributed by atoms with Crippen LogP contribution in [0.3, 0.4) is 0 Å². The van der Waals surface area contributed by atoms with Crippen molar-refractivity contribution in [2.24, 2.45) is 0 Å². The minimum Gasteiger partial charge on any atom is -0.508 e. The van der Waals surface area contributed by atoms with Crippen LogP contribution in [0, 0.1) is 0 Å². The van der Waals surface area contributed by atoms with E-state index in [4.69, 9.17) is 0 Å². The molecule has 0 aliphatic rings. The molecule has 1 amide bonds. The predicted molar refractivity (Wildman–Crippen MR) is 111 cm³/mol. The minimum atomic E-state index is -0.106. The van der Waals surface area contributed by atoms with Crippen molar-refractivity contribution in [1.29, 1.82) is 0 Å². The van der Waals surface area contributed by atoms with Gasteiger partial charge in [0.1, 0.15) is 11.5 Å². The van der Waals surface area contributed by atoms with Crippen molar-refractivity contribution in [2.75, 3.05) is 5.32 Å². The number of carbonyl (C=O) groups excluding carboxylic acids is 1. The van der Waals surface area contributed by atoms with Crippen LogP contribution in [0.2, 0.25) is 0 Å². The van der Waals surface area contributed by atoms with E-state index in [-0.39, 0.29) is 17.4 Å². The Kier molecular flexibility index (Phi) is 4.99. The zero-order valence-electron chi connectivity index (χ0n) is 15.5. The molecular formula is C23H19N3O3. The largest absolute Gasteiger partial charge is 0.508 e. The fraction of sp³-hybridized carbons (Fsp3) is 0.0435. The van der Waals surface area contributed by atoms with E-state index in [2.05, 4.69) is 10.4 Å². The molecule has 0 unspecified atom stereocenters. The van der Waals surface area contributed by atoms with Gasteiger partial charge in [0.2, 0.25) is 5.91 Å². The molecule has 0 aliphatic heterocycles. The number of hydrogen-bond donors (Lipinski definition) is 3. The number of aromatic nitrogens is 2. The Bertz CT molecular complexity index is 1150. The highest BCUT2D eigenvalue weighted by Gasteiger charge is 2.13. The summed E-state index contributed by atoms with van der Waals surface area (Å²) < 4.78 is 1.67. The summed E-state index contributed by atoms with van der Waals surface area (Å²) in [6.07, 6.45) is 1.92. The fourth-order valence-electron chi connectivity index (χ4n) is 3.15. The molecule has 144 valence electrons. The number of aromatic hydroxyl groups is 2. The molecule has 0 spiro atoms. The van der Waals surface area contributed by atoms with Crippen molar-refractivity contribution >= 4 is 11.6 Å². The maximum atomic E-state index is 12.4. The SMILES string of the molecule is O=C(Cc1ccccc1)Nc1cccc(-n2nccc2-c2ccc(O)cc2O)c1. The second-order valence-electron chi connectivity index (χ2n) is 6.59. The van der Waals surface area contributed by atoms with E-state index in [0.717, 1.165) is 11.3 Å². The molecule has 3 N–H and O–H groups in total. The number of hydrogen-bond acceptors (Lipinski definition) is 4. The highest BCUT2D eigenvalue weighted by molar-refractivity contribution is 5.92. The molecule has 0 atom stereocenters. The molecule has 0 saturated heterocycles. The van der Waals surface area contributed by atoms with Crippen molar-refractivity contribution in [1.82, 2.24) is 9.78 Å². The van der Waals surface area contributed by atoms with Gasteiger partial charge in [0.15, 0.2) is 0 Å². The third kappa shape index (κ3) is 4.11. The Balaban J connectivity index is 1.58. The molecular weight excluding hydrogens is 366 g/mol. The van der Waals surface area contributed by atoms with Crippen molar-refractivity contribution in [2.45, 2.75) is 6.42 Å². The summed E-state index contributed by atoms with van der Waals surface area (Å²) in [4.78, 5) is 12.4. The van der Waals surface area contributed by atoms with Crippen molar-refractivity contribution < 1.29 is 15.0 Å². The molecule has 0 radical (unpaired) electrons. The van der Waals surface area contributed by atoms with Crippen molar-refractivity contribution in [3.8, 4) is 28.4 Å². The normalized spacial score (nSPS) is 10.6. The highest BCUT2D eigenvalue weighted by Crippen LogP contribution is 2.33. The van der Waals surface area contributed by atoms with E-state index < -0.39 is 0 Å². The van der Waals surface area contributed by atoms with Crippen LogP contribution in [0.5, 0.6) is 11.5 Å². The van der Waals surface area contributed by atoms with Crippen LogP contribution in [-0.4, -0.2) is 25.9 Å². The molecule has 1 aromatic heterocycles. The number of anilines is 1. The zero-order valence-corrected chi connectivity index (χ0v) is 15.5. The summed E-state index contributed by atoms with van der Waals surface area (Å²) in [5, 5.41) is 27.0. The third-order valence-corrected chi connectivity index (χ3v) is 4.48. The van der Waals surface area contributed by atoms with Crippen LogP contribution >= 0.6 is 0 Å². The van der Waals surface area contributed by atoms with Gasteiger partial charge < -0.3 is 15.5 Å². The molecule has 3 aromatic carbocycles. The van der Waals surface area contributed by atoms with E-state index in [9.17, 15) is 15.0 Å². The Morgan fingerprint density at radius 3 is 2.55 bits per heavy atom. The van der Waals surface area contributed by atoms with E-state index >= 15 is 0 Å². The van der Waals surface area contributed by atoms with Gasteiger partial charge in [-0.25, -0.2) is 4.68 Å². The number of phenolic OH excluding ortho intramolecular Hbond substituents is 2. The lowest BCUT2D eigenvalue weighted by Crippen LogP contribution is -2.14. The molecule has 0 aliphatic carbocycles. The average Bonchev–Trinajstić information content (AvgIpc) is 3.18. The number of rotatable bonds is 5. The van der Waals surface area contributed by atoms with Gasteiger partial charge in [-0.1, -0.05) is 36.4 Å². The molecule has 4 aromatic rings. The monoisotopic (exact) mass is 385 g/mol. The Labute approximate surface area is 167 Å². The first-order valence-corrected chi connectivity index (χ1v) is 9.11. The predicted octanol–water partition coefficient (Wildman–Crippen LogP) is 4.13. The molecule has 0 fully saturated rings. The van der Waals surface area contributed by atoms with Crippen LogP contribution in [-0.2, 0) is 11.2 Å².